The lowest BCUT2D eigenvalue weighted by Gasteiger charge is -2.14. The summed E-state index contributed by atoms with van der Waals surface area (Å²) in [7, 11) is -3.58. The summed E-state index contributed by atoms with van der Waals surface area (Å²) in [5.41, 5.74) is 5.35. The van der Waals surface area contributed by atoms with Crippen LogP contribution in [0, 0.1) is 0 Å². The third-order valence-electron chi connectivity index (χ3n) is 1.67. The van der Waals surface area contributed by atoms with E-state index in [1.807, 2.05) is 0 Å². The van der Waals surface area contributed by atoms with E-state index in [1.54, 1.807) is 6.92 Å². The first-order chi connectivity index (χ1) is 6.97. The number of rotatable bonds is 5. The Morgan fingerprint density at radius 3 is 2.87 bits per heavy atom. The molecule has 0 aliphatic heterocycles. The fourth-order valence-corrected chi connectivity index (χ4v) is 3.54. The highest BCUT2D eigenvalue weighted by Gasteiger charge is 2.26. The minimum absolute atomic E-state index is 0.0394. The Labute approximate surface area is 97.1 Å². The Balaban J connectivity index is 2.87. The molecule has 1 aromatic heterocycles. The number of thiocarbonyl (C=S) groups is 1. The minimum atomic E-state index is -3.58. The summed E-state index contributed by atoms with van der Waals surface area (Å²) >= 11 is 5.64. The van der Waals surface area contributed by atoms with Crippen LogP contribution >= 0.6 is 23.8 Å². The third-order valence-corrected chi connectivity index (χ3v) is 4.65. The van der Waals surface area contributed by atoms with Gasteiger partial charge in [-0.15, -0.1) is 5.10 Å². The quantitative estimate of drug-likeness (QED) is 0.746. The summed E-state index contributed by atoms with van der Waals surface area (Å²) in [5.74, 6) is 0. The first kappa shape index (κ1) is 12.3. The molecule has 0 aliphatic rings. The molecular weight excluding hydrogens is 256 g/mol. The topological polar surface area (TPSA) is 98.0 Å². The van der Waals surface area contributed by atoms with Gasteiger partial charge in [-0.25, -0.2) is 8.42 Å². The van der Waals surface area contributed by atoms with Gasteiger partial charge in [0.2, 0.25) is 10.0 Å². The summed E-state index contributed by atoms with van der Waals surface area (Å²) in [5, 5.41) is 3.00. The Morgan fingerprint density at radius 2 is 2.47 bits per heavy atom. The molecule has 3 N–H and O–H groups in total. The van der Waals surface area contributed by atoms with Crippen molar-refractivity contribution >= 4 is 43.8 Å². The van der Waals surface area contributed by atoms with E-state index < -0.39 is 15.3 Å². The summed E-state index contributed by atoms with van der Waals surface area (Å²) < 4.78 is 29.4. The lowest BCUT2D eigenvalue weighted by Crippen LogP contribution is -2.37. The average Bonchev–Trinajstić information content (AvgIpc) is 2.55. The maximum Gasteiger partial charge on any atom is 0.242 e. The van der Waals surface area contributed by atoms with Crippen LogP contribution in [0.4, 0.5) is 5.00 Å². The van der Waals surface area contributed by atoms with Crippen LogP contribution in [0.1, 0.15) is 13.3 Å². The molecule has 0 aliphatic carbocycles. The van der Waals surface area contributed by atoms with E-state index in [-0.39, 0.29) is 4.99 Å². The Bertz CT molecular complexity index is 427. The maximum absolute atomic E-state index is 11.7. The van der Waals surface area contributed by atoms with Crippen LogP contribution in [0.5, 0.6) is 0 Å². The molecule has 0 amide bonds. The molecule has 1 aromatic rings. The number of hydrogen-bond donors (Lipinski definition) is 2. The number of aromatic nitrogens is 2. The van der Waals surface area contributed by atoms with Crippen molar-refractivity contribution in [2.24, 2.45) is 5.73 Å². The second kappa shape index (κ2) is 4.81. The maximum atomic E-state index is 11.7. The van der Waals surface area contributed by atoms with Gasteiger partial charge in [-0.1, -0.05) is 23.6 Å². The number of sulfonamides is 1. The van der Waals surface area contributed by atoms with E-state index in [4.69, 9.17) is 18.0 Å². The van der Waals surface area contributed by atoms with Crippen molar-refractivity contribution in [3.05, 3.63) is 6.20 Å². The standard InChI is InChI=1S/C6H10N4O2S3/c1-2-4(6(7)13)15(11,12)9-5-3-8-10-14-5/h3-4,9H,2H2,1H3,(H2,7,13). The molecule has 0 saturated heterocycles. The molecule has 84 valence electrons. The molecule has 0 saturated carbocycles. The molecule has 15 heavy (non-hydrogen) atoms. The van der Waals surface area contributed by atoms with Crippen LogP contribution in [0.25, 0.3) is 0 Å². The molecule has 9 heteroatoms. The summed E-state index contributed by atoms with van der Waals surface area (Å²) in [4.78, 5) is -0.0394. The molecule has 1 atom stereocenters. The molecule has 1 rings (SSSR count). The summed E-state index contributed by atoms with van der Waals surface area (Å²) in [6.45, 7) is 1.70. The van der Waals surface area contributed by atoms with Gasteiger partial charge in [0.05, 0.1) is 11.2 Å². The molecule has 0 aromatic carbocycles. The van der Waals surface area contributed by atoms with Crippen molar-refractivity contribution in [1.82, 2.24) is 9.59 Å². The molecule has 1 unspecified atom stereocenters. The van der Waals surface area contributed by atoms with Crippen LogP contribution in [0.3, 0.4) is 0 Å². The van der Waals surface area contributed by atoms with E-state index in [1.165, 1.54) is 6.20 Å². The Kier molecular flexibility index (Phi) is 3.94. The highest BCUT2D eigenvalue weighted by atomic mass is 32.2. The number of nitrogens with zero attached hydrogens (tertiary/aromatic N) is 2. The fourth-order valence-electron chi connectivity index (χ4n) is 0.997. The highest BCUT2D eigenvalue weighted by molar-refractivity contribution is 7.95. The van der Waals surface area contributed by atoms with Crippen molar-refractivity contribution in [2.75, 3.05) is 4.72 Å². The van der Waals surface area contributed by atoms with Gasteiger partial charge < -0.3 is 5.73 Å². The van der Waals surface area contributed by atoms with Crippen molar-refractivity contribution in [1.29, 1.82) is 0 Å². The van der Waals surface area contributed by atoms with E-state index >= 15 is 0 Å². The van der Waals surface area contributed by atoms with Crippen molar-refractivity contribution in [3.8, 4) is 0 Å². The van der Waals surface area contributed by atoms with Gasteiger partial charge in [0, 0.05) is 11.5 Å². The number of anilines is 1. The van der Waals surface area contributed by atoms with Crippen LogP contribution in [-0.4, -0.2) is 28.2 Å². The third kappa shape index (κ3) is 3.08. The smallest absolute Gasteiger partial charge is 0.242 e. The summed E-state index contributed by atoms with van der Waals surface area (Å²) in [6.07, 6.45) is 1.66. The number of nitrogens with one attached hydrogen (secondary N) is 1. The molecule has 0 bridgehead atoms. The molecular formula is C6H10N4O2S3. The molecule has 0 fully saturated rings. The Morgan fingerprint density at radius 1 is 1.80 bits per heavy atom. The second-order valence-electron chi connectivity index (χ2n) is 2.73. The van der Waals surface area contributed by atoms with E-state index in [9.17, 15) is 8.42 Å². The first-order valence-corrected chi connectivity index (χ1v) is 6.78. The molecule has 1 heterocycles. The minimum Gasteiger partial charge on any atom is -0.392 e. The van der Waals surface area contributed by atoms with Gasteiger partial charge in [-0.05, 0) is 6.42 Å². The fraction of sp³-hybridized carbons (Fsp3) is 0.500. The van der Waals surface area contributed by atoms with Crippen LogP contribution in [0.15, 0.2) is 6.20 Å². The number of hydrogen-bond acceptors (Lipinski definition) is 6. The van der Waals surface area contributed by atoms with Gasteiger partial charge in [-0.3, -0.25) is 4.72 Å². The zero-order valence-electron chi connectivity index (χ0n) is 7.87. The lowest BCUT2D eigenvalue weighted by molar-refractivity contribution is 0.594. The number of nitrogens with two attached hydrogens (primary N) is 1. The van der Waals surface area contributed by atoms with Gasteiger partial charge in [0.25, 0.3) is 0 Å². The first-order valence-electron chi connectivity index (χ1n) is 4.05. The lowest BCUT2D eigenvalue weighted by atomic mass is 10.3. The monoisotopic (exact) mass is 266 g/mol. The van der Waals surface area contributed by atoms with E-state index in [2.05, 4.69) is 14.3 Å². The molecule has 0 spiro atoms. The van der Waals surface area contributed by atoms with Crippen LogP contribution in [-0.2, 0) is 10.0 Å². The predicted molar refractivity (Wildman–Crippen MR) is 63.3 cm³/mol. The van der Waals surface area contributed by atoms with Gasteiger partial charge in [-0.2, -0.15) is 0 Å². The molecule has 6 nitrogen and oxygen atoms in total. The van der Waals surface area contributed by atoms with Gasteiger partial charge >= 0.3 is 0 Å². The van der Waals surface area contributed by atoms with Crippen molar-refractivity contribution < 1.29 is 8.42 Å². The van der Waals surface area contributed by atoms with Crippen molar-refractivity contribution in [2.45, 2.75) is 18.6 Å². The molecule has 0 radical (unpaired) electrons. The summed E-state index contributed by atoms with van der Waals surface area (Å²) in [6, 6.07) is 0. The zero-order valence-corrected chi connectivity index (χ0v) is 10.3. The zero-order chi connectivity index (χ0) is 11.5. The van der Waals surface area contributed by atoms with Crippen LogP contribution in [0.2, 0.25) is 0 Å². The highest BCUT2D eigenvalue weighted by Crippen LogP contribution is 2.15. The second-order valence-corrected chi connectivity index (χ2v) is 5.85. The SMILES string of the molecule is CCC(C(N)=S)S(=O)(=O)Nc1cnns1. The Hall–Kier alpha value is -0.800. The largest absolute Gasteiger partial charge is 0.392 e. The van der Waals surface area contributed by atoms with Gasteiger partial charge in [0.1, 0.15) is 10.3 Å². The van der Waals surface area contributed by atoms with Gasteiger partial charge in [0.15, 0.2) is 0 Å². The normalized spacial score (nSPS) is 13.4. The van der Waals surface area contributed by atoms with Crippen LogP contribution < -0.4 is 10.5 Å². The van der Waals surface area contributed by atoms with E-state index in [0.717, 1.165) is 11.5 Å². The van der Waals surface area contributed by atoms with E-state index in [0.29, 0.717) is 11.4 Å². The predicted octanol–water partition coefficient (Wildman–Crippen LogP) is 0.344. The van der Waals surface area contributed by atoms with Crippen molar-refractivity contribution in [3.63, 3.8) is 0 Å². The average molecular weight is 266 g/mol.